The van der Waals surface area contributed by atoms with E-state index in [9.17, 15) is 0 Å². The van der Waals surface area contributed by atoms with E-state index in [1.807, 2.05) is 6.92 Å². The molecule has 3 nitrogen and oxygen atoms in total. The Morgan fingerprint density at radius 3 is 2.24 bits per heavy atom. The Labute approximate surface area is 306 Å². The normalized spacial score (nSPS) is 15.8. The molecule has 0 aliphatic carbocycles. The third-order valence-corrected chi connectivity index (χ3v) is 9.91. The van der Waals surface area contributed by atoms with Gasteiger partial charge in [-0.25, -0.2) is 0 Å². The van der Waals surface area contributed by atoms with Gasteiger partial charge in [0.15, 0.2) is 0 Å². The predicted octanol–water partition coefficient (Wildman–Crippen LogP) is 12.1. The van der Waals surface area contributed by atoms with Gasteiger partial charge in [-0.3, -0.25) is 4.90 Å². The minimum Gasteiger partial charge on any atom is -0.496 e. The van der Waals surface area contributed by atoms with E-state index in [0.717, 1.165) is 61.5 Å². The van der Waals surface area contributed by atoms with Gasteiger partial charge < -0.3 is 9.64 Å². The summed E-state index contributed by atoms with van der Waals surface area (Å²) >= 11 is 0. The summed E-state index contributed by atoms with van der Waals surface area (Å²) < 4.78 is 5.96. The molecule has 2 aromatic rings. The number of ether oxygens (including phenoxy) is 1. The SMILES string of the molecule is C#C/C(=C\C(C)(C)C)C(=C)C.C=C1C(C)=C(C)C(c2cc(C)c(CN3CCC(=Cc4cccc(C(C)C)c4CCC)CC3)c(OC)c2)=CN1C. The van der Waals surface area contributed by atoms with E-state index in [1.165, 1.54) is 51.0 Å². The van der Waals surface area contributed by atoms with Gasteiger partial charge in [-0.2, -0.15) is 0 Å². The van der Waals surface area contributed by atoms with Gasteiger partial charge in [0.2, 0.25) is 0 Å². The number of allylic oxidation sites excluding steroid dienone is 6. The maximum Gasteiger partial charge on any atom is 0.124 e. The Morgan fingerprint density at radius 2 is 1.72 bits per heavy atom. The first-order valence-corrected chi connectivity index (χ1v) is 18.4. The van der Waals surface area contributed by atoms with Crippen molar-refractivity contribution in [1.82, 2.24) is 9.80 Å². The Morgan fingerprint density at radius 1 is 1.06 bits per heavy atom. The van der Waals surface area contributed by atoms with Crippen LogP contribution in [-0.4, -0.2) is 37.0 Å². The minimum atomic E-state index is 0.140. The number of piperidine rings is 1. The highest BCUT2D eigenvalue weighted by atomic mass is 16.5. The highest BCUT2D eigenvalue weighted by Gasteiger charge is 2.22. The average Bonchev–Trinajstić information content (AvgIpc) is 3.06. The van der Waals surface area contributed by atoms with Gasteiger partial charge in [0, 0.05) is 55.3 Å². The van der Waals surface area contributed by atoms with Crippen molar-refractivity contribution in [3.8, 4) is 18.1 Å². The quantitative estimate of drug-likeness (QED) is 0.195. The number of hydrogen-bond acceptors (Lipinski definition) is 3. The zero-order valence-electron chi connectivity index (χ0n) is 33.4. The van der Waals surface area contributed by atoms with Gasteiger partial charge >= 0.3 is 0 Å². The lowest BCUT2D eigenvalue weighted by molar-refractivity contribution is 0.244. The number of hydrogen-bond donors (Lipinski definition) is 0. The van der Waals surface area contributed by atoms with Crippen LogP contribution in [-0.2, 0) is 13.0 Å². The van der Waals surface area contributed by atoms with E-state index < -0.39 is 0 Å². The highest BCUT2D eigenvalue weighted by Crippen LogP contribution is 2.37. The lowest BCUT2D eigenvalue weighted by Gasteiger charge is -2.31. The van der Waals surface area contributed by atoms with Crippen LogP contribution in [0, 0.1) is 24.7 Å². The topological polar surface area (TPSA) is 15.7 Å². The molecule has 2 aromatic carbocycles. The smallest absolute Gasteiger partial charge is 0.124 e. The number of likely N-dealkylation sites (tertiary alicyclic amines) is 1. The van der Waals surface area contributed by atoms with Crippen molar-refractivity contribution in [3.05, 3.63) is 123 Å². The fourth-order valence-corrected chi connectivity index (χ4v) is 6.81. The van der Waals surface area contributed by atoms with Crippen molar-refractivity contribution in [2.45, 2.75) is 107 Å². The molecule has 0 N–H and O–H groups in total. The van der Waals surface area contributed by atoms with Gasteiger partial charge in [-0.1, -0.05) is 109 Å². The second-order valence-corrected chi connectivity index (χ2v) is 15.6. The van der Waals surface area contributed by atoms with E-state index in [1.54, 1.807) is 18.2 Å². The molecule has 0 atom stereocenters. The zero-order valence-corrected chi connectivity index (χ0v) is 33.4. The van der Waals surface area contributed by atoms with Crippen LogP contribution in [0.15, 0.2) is 89.3 Å². The van der Waals surface area contributed by atoms with Crippen molar-refractivity contribution in [2.24, 2.45) is 5.41 Å². The van der Waals surface area contributed by atoms with Crippen LogP contribution >= 0.6 is 0 Å². The second-order valence-electron chi connectivity index (χ2n) is 15.6. The van der Waals surface area contributed by atoms with Crippen LogP contribution < -0.4 is 4.74 Å². The summed E-state index contributed by atoms with van der Waals surface area (Å²) in [7, 11) is 3.87. The zero-order chi connectivity index (χ0) is 37.3. The van der Waals surface area contributed by atoms with E-state index in [-0.39, 0.29) is 5.41 Å². The van der Waals surface area contributed by atoms with Crippen LogP contribution in [0.4, 0.5) is 0 Å². The highest BCUT2D eigenvalue weighted by molar-refractivity contribution is 5.83. The second kappa shape index (κ2) is 17.8. The van der Waals surface area contributed by atoms with Crippen LogP contribution in [0.3, 0.4) is 0 Å². The maximum absolute atomic E-state index is 5.96. The molecule has 4 rings (SSSR count). The molecule has 0 aromatic heterocycles. The summed E-state index contributed by atoms with van der Waals surface area (Å²) in [4.78, 5) is 4.71. The van der Waals surface area contributed by atoms with Gasteiger partial charge in [0.25, 0.3) is 0 Å². The fraction of sp³-hybridized carbons (Fsp3) is 0.447. The molecule has 0 saturated carbocycles. The average molecular weight is 673 g/mol. The van der Waals surface area contributed by atoms with Gasteiger partial charge in [-0.15, -0.1) is 6.42 Å². The molecule has 1 saturated heterocycles. The summed E-state index contributed by atoms with van der Waals surface area (Å²) in [6, 6.07) is 11.4. The Bertz CT molecular complexity index is 1720. The van der Waals surface area contributed by atoms with Gasteiger partial charge in [0.05, 0.1) is 7.11 Å². The van der Waals surface area contributed by atoms with Crippen molar-refractivity contribution >= 4 is 11.6 Å². The van der Waals surface area contributed by atoms with Crippen LogP contribution in [0.2, 0.25) is 0 Å². The molecule has 2 aliphatic heterocycles. The number of likely N-dealkylation sites (N-methyl/N-ethyl adjacent to an activating group) is 1. The summed E-state index contributed by atoms with van der Waals surface area (Å²) in [5, 5.41) is 0. The number of terminal acetylenes is 1. The summed E-state index contributed by atoms with van der Waals surface area (Å²) in [5.41, 5.74) is 16.7. The molecule has 0 amide bonds. The lowest BCUT2D eigenvalue weighted by atomic mass is 9.89. The monoisotopic (exact) mass is 673 g/mol. The number of methoxy groups -OCH3 is 1. The van der Waals surface area contributed by atoms with Crippen molar-refractivity contribution in [3.63, 3.8) is 0 Å². The Hall–Kier alpha value is -4.00. The van der Waals surface area contributed by atoms with E-state index >= 15 is 0 Å². The number of rotatable bonds is 9. The first-order chi connectivity index (χ1) is 23.5. The van der Waals surface area contributed by atoms with Crippen LogP contribution in [0.25, 0.3) is 11.6 Å². The predicted molar refractivity (Wildman–Crippen MR) is 219 cm³/mol. The Kier molecular flexibility index (Phi) is 14.4. The molecular weight excluding hydrogens is 609 g/mol. The van der Waals surface area contributed by atoms with Gasteiger partial charge in [-0.05, 0) is 109 Å². The van der Waals surface area contributed by atoms with E-state index in [4.69, 9.17) is 11.2 Å². The number of nitrogens with zero attached hydrogens (tertiary/aromatic N) is 2. The lowest BCUT2D eigenvalue weighted by Crippen LogP contribution is -2.30. The third-order valence-electron chi connectivity index (χ3n) is 9.91. The third kappa shape index (κ3) is 10.5. The first kappa shape index (κ1) is 40.4. The van der Waals surface area contributed by atoms with Crippen molar-refractivity contribution in [1.29, 1.82) is 0 Å². The number of benzene rings is 2. The molecule has 3 heteroatoms. The molecule has 50 heavy (non-hydrogen) atoms. The minimum absolute atomic E-state index is 0.140. The molecule has 2 heterocycles. The molecule has 0 unspecified atom stereocenters. The molecular formula is C47H64N2O. The molecule has 2 aliphatic rings. The molecule has 0 bridgehead atoms. The standard InChI is InChI=1S/C36H48N2O.C11H16/c1-10-12-33-30(13-11-14-32(33)24(2)3)20-29-15-17-38(18-16-29)23-34-25(4)19-31(21-36(34)39-9)35-22-37(8)28(7)26(5)27(35)6;1-7-10(9(2)3)8-11(4,5)6/h11,13-14,19-22,24H,7,10,12,15-18,23H2,1-6,8-9H3;1,8H,2H2,3-6H3/b;10-8+. The maximum atomic E-state index is 5.96. The van der Waals surface area contributed by atoms with Crippen molar-refractivity contribution in [2.75, 3.05) is 27.2 Å². The molecule has 268 valence electrons. The summed E-state index contributed by atoms with van der Waals surface area (Å²) in [6.45, 7) is 32.9. The first-order valence-electron chi connectivity index (χ1n) is 18.4. The molecule has 1 fully saturated rings. The van der Waals surface area contributed by atoms with Crippen molar-refractivity contribution < 1.29 is 4.74 Å². The largest absolute Gasteiger partial charge is 0.496 e. The molecule has 0 radical (unpaired) electrons. The van der Waals surface area contributed by atoms with Crippen LogP contribution in [0.1, 0.15) is 121 Å². The van der Waals surface area contributed by atoms with Gasteiger partial charge in [0.1, 0.15) is 5.75 Å². The van der Waals surface area contributed by atoms with E-state index in [2.05, 4.69) is 147 Å². The summed E-state index contributed by atoms with van der Waals surface area (Å²) in [5.74, 6) is 4.17. The van der Waals surface area contributed by atoms with Crippen LogP contribution in [0.5, 0.6) is 5.75 Å². The Balaban J connectivity index is 0.000000530. The number of aryl methyl sites for hydroxylation is 1. The van der Waals surface area contributed by atoms with E-state index in [0.29, 0.717) is 5.92 Å². The summed E-state index contributed by atoms with van der Waals surface area (Å²) in [6.07, 6.45) is 16.7. The fourth-order valence-electron chi connectivity index (χ4n) is 6.81. The molecule has 0 spiro atoms.